The molecule has 2 rings (SSSR count). The van der Waals surface area contributed by atoms with Crippen molar-refractivity contribution < 1.29 is 0 Å². The van der Waals surface area contributed by atoms with Crippen LogP contribution in [0.4, 0.5) is 23.0 Å². The number of hydrogen-bond donors (Lipinski definition) is 4. The molecular formula is C14H20ClN5. The summed E-state index contributed by atoms with van der Waals surface area (Å²) in [4.78, 5) is 4.03. The number of nitrogens with zero attached hydrogens (tertiary/aromatic N) is 1. The maximum Gasteiger partial charge on any atom is 0.149 e. The molecule has 2 aromatic rings. The molecule has 0 fully saturated rings. The van der Waals surface area contributed by atoms with Crippen molar-refractivity contribution in [1.29, 1.82) is 0 Å². The topological polar surface area (TPSA) is 89.0 Å². The molecule has 0 spiro atoms. The standard InChI is InChI=1S/C14H19N5.ClH/c1-14(2,18-10-6-4-3-5-7-10)19-11-8-9-12(15)17-13(11)16;/h3-9,18-19H,1-2H3,(H4,15,16,17);1H. The van der Waals surface area contributed by atoms with Crippen molar-refractivity contribution >= 4 is 35.4 Å². The minimum atomic E-state index is -0.368. The van der Waals surface area contributed by atoms with E-state index in [0.29, 0.717) is 11.6 Å². The minimum Gasteiger partial charge on any atom is -0.384 e. The number of para-hydroxylation sites is 1. The predicted octanol–water partition coefficient (Wildman–Crippen LogP) is 2.93. The van der Waals surface area contributed by atoms with Crippen LogP contribution < -0.4 is 22.1 Å². The number of nitrogen functional groups attached to an aromatic ring is 2. The molecule has 0 radical (unpaired) electrons. The zero-order valence-electron chi connectivity index (χ0n) is 11.6. The monoisotopic (exact) mass is 293 g/mol. The zero-order chi connectivity index (χ0) is 13.9. The number of rotatable bonds is 4. The maximum absolute atomic E-state index is 5.84. The molecular weight excluding hydrogens is 274 g/mol. The van der Waals surface area contributed by atoms with Crippen LogP contribution in [0, 0.1) is 0 Å². The van der Waals surface area contributed by atoms with Crippen LogP contribution in [-0.2, 0) is 0 Å². The molecule has 1 aromatic heterocycles. The van der Waals surface area contributed by atoms with Gasteiger partial charge in [-0.15, -0.1) is 12.4 Å². The van der Waals surface area contributed by atoms with Crippen LogP contribution in [-0.4, -0.2) is 10.6 Å². The van der Waals surface area contributed by atoms with Crippen LogP contribution >= 0.6 is 12.4 Å². The molecule has 1 aromatic carbocycles. The lowest BCUT2D eigenvalue weighted by atomic mass is 10.2. The van der Waals surface area contributed by atoms with Crippen LogP contribution in [0.2, 0.25) is 0 Å². The Labute approximate surface area is 125 Å². The second kappa shape index (κ2) is 6.34. The summed E-state index contributed by atoms with van der Waals surface area (Å²) in [5.74, 6) is 0.805. The van der Waals surface area contributed by atoms with Crippen molar-refractivity contribution in [1.82, 2.24) is 4.98 Å². The molecule has 0 atom stereocenters. The molecule has 6 N–H and O–H groups in total. The van der Waals surface area contributed by atoms with Crippen molar-refractivity contribution in [2.24, 2.45) is 0 Å². The Morgan fingerprint density at radius 2 is 1.60 bits per heavy atom. The van der Waals surface area contributed by atoms with Gasteiger partial charge >= 0.3 is 0 Å². The van der Waals surface area contributed by atoms with Crippen LogP contribution in [0.25, 0.3) is 0 Å². The van der Waals surface area contributed by atoms with Gasteiger partial charge in [-0.05, 0) is 38.1 Å². The molecule has 0 bridgehead atoms. The largest absolute Gasteiger partial charge is 0.384 e. The van der Waals surface area contributed by atoms with Gasteiger partial charge in [0, 0.05) is 5.69 Å². The molecule has 1 heterocycles. The number of hydrogen-bond acceptors (Lipinski definition) is 5. The third kappa shape index (κ3) is 4.20. The van der Waals surface area contributed by atoms with Gasteiger partial charge in [-0.2, -0.15) is 0 Å². The highest BCUT2D eigenvalue weighted by molar-refractivity contribution is 5.85. The van der Waals surface area contributed by atoms with Gasteiger partial charge in [0.2, 0.25) is 0 Å². The zero-order valence-corrected chi connectivity index (χ0v) is 12.4. The first-order chi connectivity index (χ1) is 8.96. The van der Waals surface area contributed by atoms with E-state index in [9.17, 15) is 0 Å². The van der Waals surface area contributed by atoms with Crippen LogP contribution in [0.5, 0.6) is 0 Å². The van der Waals surface area contributed by atoms with Gasteiger partial charge in [0.05, 0.1) is 5.69 Å². The van der Waals surface area contributed by atoms with E-state index in [4.69, 9.17) is 11.5 Å². The van der Waals surface area contributed by atoms with Gasteiger partial charge in [0.1, 0.15) is 17.3 Å². The van der Waals surface area contributed by atoms with Crippen molar-refractivity contribution in [3.8, 4) is 0 Å². The summed E-state index contributed by atoms with van der Waals surface area (Å²) in [5.41, 5.74) is 12.8. The fraction of sp³-hybridized carbons (Fsp3) is 0.214. The van der Waals surface area contributed by atoms with E-state index in [-0.39, 0.29) is 18.1 Å². The summed E-state index contributed by atoms with van der Waals surface area (Å²) in [6, 6.07) is 13.5. The Balaban J connectivity index is 0.00000200. The van der Waals surface area contributed by atoms with Crippen molar-refractivity contribution in [2.75, 3.05) is 22.1 Å². The Morgan fingerprint density at radius 3 is 2.20 bits per heavy atom. The summed E-state index contributed by atoms with van der Waals surface area (Å²) in [6.45, 7) is 4.05. The number of aromatic nitrogens is 1. The fourth-order valence-corrected chi connectivity index (χ4v) is 1.85. The van der Waals surface area contributed by atoms with Crippen molar-refractivity contribution in [3.63, 3.8) is 0 Å². The van der Waals surface area contributed by atoms with Crippen molar-refractivity contribution in [3.05, 3.63) is 42.5 Å². The molecule has 6 heteroatoms. The van der Waals surface area contributed by atoms with Crippen LogP contribution in [0.3, 0.4) is 0 Å². The lowest BCUT2D eigenvalue weighted by molar-refractivity contribution is 0.652. The van der Waals surface area contributed by atoms with Gasteiger partial charge in [-0.1, -0.05) is 18.2 Å². The molecule has 0 aliphatic rings. The first-order valence-corrected chi connectivity index (χ1v) is 6.10. The molecule has 0 aliphatic carbocycles. The number of halogens is 1. The Hall–Kier alpha value is -2.14. The summed E-state index contributed by atoms with van der Waals surface area (Å²) in [6.07, 6.45) is 0. The first kappa shape index (κ1) is 15.9. The number of benzene rings is 1. The third-order valence-corrected chi connectivity index (χ3v) is 2.62. The molecule has 0 saturated carbocycles. The first-order valence-electron chi connectivity index (χ1n) is 6.10. The summed E-state index contributed by atoms with van der Waals surface area (Å²) < 4.78 is 0. The fourth-order valence-electron chi connectivity index (χ4n) is 1.85. The highest BCUT2D eigenvalue weighted by atomic mass is 35.5. The summed E-state index contributed by atoms with van der Waals surface area (Å²) in [7, 11) is 0. The van der Waals surface area contributed by atoms with Gasteiger partial charge < -0.3 is 22.1 Å². The van der Waals surface area contributed by atoms with Gasteiger partial charge in [0.25, 0.3) is 0 Å². The van der Waals surface area contributed by atoms with Crippen LogP contribution in [0.15, 0.2) is 42.5 Å². The van der Waals surface area contributed by atoms with Gasteiger partial charge in [-0.3, -0.25) is 0 Å². The Kier molecular flexibility index (Phi) is 5.05. The van der Waals surface area contributed by atoms with E-state index in [1.807, 2.05) is 50.2 Å². The number of nitrogens with one attached hydrogen (secondary N) is 2. The molecule has 5 nitrogen and oxygen atoms in total. The van der Waals surface area contributed by atoms with E-state index in [1.54, 1.807) is 6.07 Å². The maximum atomic E-state index is 5.84. The molecule has 0 aliphatic heterocycles. The van der Waals surface area contributed by atoms with E-state index >= 15 is 0 Å². The lowest BCUT2D eigenvalue weighted by Gasteiger charge is -2.30. The Bertz CT molecular complexity index is 557. The summed E-state index contributed by atoms with van der Waals surface area (Å²) in [5, 5.41) is 6.69. The van der Waals surface area contributed by atoms with E-state index in [0.717, 1.165) is 11.4 Å². The molecule has 0 saturated heterocycles. The molecule has 20 heavy (non-hydrogen) atoms. The molecule has 0 amide bonds. The second-order valence-corrected chi connectivity index (χ2v) is 4.91. The highest BCUT2D eigenvalue weighted by Gasteiger charge is 2.18. The third-order valence-electron chi connectivity index (χ3n) is 2.62. The lowest BCUT2D eigenvalue weighted by Crippen LogP contribution is -2.39. The average molecular weight is 294 g/mol. The smallest absolute Gasteiger partial charge is 0.149 e. The highest BCUT2D eigenvalue weighted by Crippen LogP contribution is 2.22. The normalized spacial score (nSPS) is 10.5. The number of pyridine rings is 1. The predicted molar refractivity (Wildman–Crippen MR) is 88.1 cm³/mol. The van der Waals surface area contributed by atoms with Crippen LogP contribution in [0.1, 0.15) is 13.8 Å². The van der Waals surface area contributed by atoms with Gasteiger partial charge in [-0.25, -0.2) is 4.98 Å². The minimum absolute atomic E-state index is 0. The number of nitrogens with two attached hydrogens (primary N) is 2. The molecule has 0 unspecified atom stereocenters. The SMILES string of the molecule is CC(C)(Nc1ccccc1)Nc1ccc(N)nc1N.Cl. The second-order valence-electron chi connectivity index (χ2n) is 4.91. The quantitative estimate of drug-likeness (QED) is 0.651. The van der Waals surface area contributed by atoms with Crippen molar-refractivity contribution in [2.45, 2.75) is 19.5 Å². The molecule has 108 valence electrons. The summed E-state index contributed by atoms with van der Waals surface area (Å²) >= 11 is 0. The Morgan fingerprint density at radius 1 is 0.950 bits per heavy atom. The average Bonchev–Trinajstić information content (AvgIpc) is 2.33. The van der Waals surface area contributed by atoms with Gasteiger partial charge in [0.15, 0.2) is 0 Å². The van der Waals surface area contributed by atoms with E-state index in [1.165, 1.54) is 0 Å². The van der Waals surface area contributed by atoms with E-state index < -0.39 is 0 Å². The van der Waals surface area contributed by atoms with E-state index in [2.05, 4.69) is 15.6 Å². The number of anilines is 4.